The van der Waals surface area contributed by atoms with E-state index in [1.54, 1.807) is 0 Å². The van der Waals surface area contributed by atoms with Crippen molar-refractivity contribution in [1.82, 2.24) is 5.32 Å². The molecule has 0 aliphatic heterocycles. The van der Waals surface area contributed by atoms with Crippen LogP contribution in [-0.4, -0.2) is 20.1 Å². The minimum atomic E-state index is 0.490. The lowest BCUT2D eigenvalue weighted by molar-refractivity contribution is 0.518. The lowest BCUT2D eigenvalue weighted by Crippen LogP contribution is -2.24. The number of hydrogen-bond acceptors (Lipinski definition) is 2. The van der Waals surface area contributed by atoms with Gasteiger partial charge in [-0.1, -0.05) is 46.2 Å². The van der Waals surface area contributed by atoms with Crippen molar-refractivity contribution in [3.63, 3.8) is 0 Å². The zero-order valence-corrected chi connectivity index (χ0v) is 13.9. The molecule has 0 radical (unpaired) electrons. The Hall–Kier alpha value is -1.02. The largest absolute Gasteiger partial charge is 0.374 e. The minimum Gasteiger partial charge on any atom is -0.374 e. The molecule has 2 atom stereocenters. The van der Waals surface area contributed by atoms with Crippen LogP contribution in [0.5, 0.6) is 0 Å². The lowest BCUT2D eigenvalue weighted by atomic mass is 10.0. The molecule has 0 spiro atoms. The van der Waals surface area contributed by atoms with Gasteiger partial charge in [-0.25, -0.2) is 0 Å². The second-order valence-corrected chi connectivity index (χ2v) is 5.90. The van der Waals surface area contributed by atoms with E-state index in [0.717, 1.165) is 25.4 Å². The van der Waals surface area contributed by atoms with E-state index >= 15 is 0 Å². The zero-order valence-electron chi connectivity index (χ0n) is 13.9. The van der Waals surface area contributed by atoms with Gasteiger partial charge in [-0.2, -0.15) is 0 Å². The van der Waals surface area contributed by atoms with Gasteiger partial charge in [0.25, 0.3) is 0 Å². The number of anilines is 1. The number of nitrogens with zero attached hydrogens (tertiary/aromatic N) is 1. The van der Waals surface area contributed by atoms with Crippen LogP contribution in [0.15, 0.2) is 24.3 Å². The molecular weight excluding hydrogens is 244 g/mol. The highest BCUT2D eigenvalue weighted by molar-refractivity contribution is 5.47. The van der Waals surface area contributed by atoms with Crippen LogP contribution in [0.1, 0.15) is 58.6 Å². The molecule has 0 amide bonds. The smallest absolute Gasteiger partial charge is 0.0363 e. The normalized spacial score (nSPS) is 14.1. The molecule has 0 saturated heterocycles. The fraction of sp³-hybridized carbons (Fsp3) is 0.667. The molecule has 20 heavy (non-hydrogen) atoms. The van der Waals surface area contributed by atoms with Crippen molar-refractivity contribution in [3.05, 3.63) is 29.8 Å². The van der Waals surface area contributed by atoms with Crippen LogP contribution in [0, 0.1) is 5.92 Å². The summed E-state index contributed by atoms with van der Waals surface area (Å²) in [5.41, 5.74) is 2.72. The predicted molar refractivity (Wildman–Crippen MR) is 90.5 cm³/mol. The van der Waals surface area contributed by atoms with Gasteiger partial charge < -0.3 is 10.2 Å². The molecule has 2 heteroatoms. The molecule has 0 aliphatic carbocycles. The van der Waals surface area contributed by atoms with Gasteiger partial charge in [0.1, 0.15) is 0 Å². The van der Waals surface area contributed by atoms with E-state index in [-0.39, 0.29) is 0 Å². The van der Waals surface area contributed by atoms with Gasteiger partial charge in [-0.15, -0.1) is 0 Å². The second-order valence-electron chi connectivity index (χ2n) is 5.90. The third kappa shape index (κ3) is 5.16. The summed E-state index contributed by atoms with van der Waals surface area (Å²) >= 11 is 0. The lowest BCUT2D eigenvalue weighted by Gasteiger charge is -2.24. The Kier molecular flexibility index (Phi) is 7.68. The molecule has 0 aromatic heterocycles. The van der Waals surface area contributed by atoms with E-state index in [1.807, 2.05) is 0 Å². The van der Waals surface area contributed by atoms with Crippen molar-refractivity contribution in [2.75, 3.05) is 25.0 Å². The van der Waals surface area contributed by atoms with Gasteiger partial charge in [-0.3, -0.25) is 0 Å². The van der Waals surface area contributed by atoms with E-state index in [4.69, 9.17) is 0 Å². The highest BCUT2D eigenvalue weighted by atomic mass is 15.1. The van der Waals surface area contributed by atoms with Gasteiger partial charge in [0.15, 0.2) is 0 Å². The topological polar surface area (TPSA) is 15.3 Å². The van der Waals surface area contributed by atoms with Crippen molar-refractivity contribution in [1.29, 1.82) is 0 Å². The first-order valence-corrected chi connectivity index (χ1v) is 8.16. The van der Waals surface area contributed by atoms with Crippen LogP contribution in [0.4, 0.5) is 5.69 Å². The fourth-order valence-electron chi connectivity index (χ4n) is 2.48. The maximum atomic E-state index is 3.61. The SMILES string of the molecule is CCCNC(CC)c1ccc(N(C)CC(C)CC)cc1. The number of benzene rings is 1. The molecule has 2 unspecified atom stereocenters. The Bertz CT molecular complexity index is 358. The van der Waals surface area contributed by atoms with Crippen LogP contribution >= 0.6 is 0 Å². The first-order valence-electron chi connectivity index (χ1n) is 8.16. The zero-order chi connectivity index (χ0) is 15.0. The molecular formula is C18H32N2. The van der Waals surface area contributed by atoms with E-state index < -0.39 is 0 Å². The summed E-state index contributed by atoms with van der Waals surface area (Å²) < 4.78 is 0. The molecule has 1 aromatic carbocycles. The van der Waals surface area contributed by atoms with Crippen molar-refractivity contribution in [2.45, 2.75) is 53.0 Å². The molecule has 0 bridgehead atoms. The third-order valence-electron chi connectivity index (χ3n) is 4.07. The Labute approximate surface area is 125 Å². The van der Waals surface area contributed by atoms with Gasteiger partial charge >= 0.3 is 0 Å². The first kappa shape index (κ1) is 17.0. The Morgan fingerprint density at radius 3 is 2.20 bits per heavy atom. The first-order chi connectivity index (χ1) is 9.62. The van der Waals surface area contributed by atoms with Gasteiger partial charge in [0.05, 0.1) is 0 Å². The van der Waals surface area contributed by atoms with Crippen LogP contribution in [0.2, 0.25) is 0 Å². The van der Waals surface area contributed by atoms with E-state index in [9.17, 15) is 0 Å². The number of hydrogen-bond donors (Lipinski definition) is 1. The van der Waals surface area contributed by atoms with Crippen LogP contribution in [-0.2, 0) is 0 Å². The molecule has 1 N–H and O–H groups in total. The predicted octanol–water partition coefficient (Wildman–Crippen LogP) is 4.62. The summed E-state index contributed by atoms with van der Waals surface area (Å²) in [6.07, 6.45) is 3.57. The summed E-state index contributed by atoms with van der Waals surface area (Å²) in [5, 5.41) is 3.61. The van der Waals surface area contributed by atoms with Crippen molar-refractivity contribution in [3.8, 4) is 0 Å². The molecule has 0 saturated carbocycles. The molecule has 1 aromatic rings. The molecule has 0 heterocycles. The molecule has 114 valence electrons. The van der Waals surface area contributed by atoms with Crippen molar-refractivity contribution >= 4 is 5.69 Å². The van der Waals surface area contributed by atoms with Gasteiger partial charge in [0, 0.05) is 25.3 Å². The highest BCUT2D eigenvalue weighted by Gasteiger charge is 2.09. The van der Waals surface area contributed by atoms with E-state index in [1.165, 1.54) is 24.1 Å². The summed E-state index contributed by atoms with van der Waals surface area (Å²) in [6, 6.07) is 9.56. The minimum absolute atomic E-state index is 0.490. The Balaban J connectivity index is 2.66. The summed E-state index contributed by atoms with van der Waals surface area (Å²) in [7, 11) is 2.19. The second kappa shape index (κ2) is 9.02. The van der Waals surface area contributed by atoms with Crippen LogP contribution in [0.3, 0.4) is 0 Å². The Morgan fingerprint density at radius 2 is 1.70 bits per heavy atom. The van der Waals surface area contributed by atoms with E-state index in [0.29, 0.717) is 6.04 Å². The average molecular weight is 276 g/mol. The quantitative estimate of drug-likeness (QED) is 0.708. The molecule has 1 rings (SSSR count). The standard InChI is InChI=1S/C18H32N2/c1-6-13-19-18(8-3)16-9-11-17(12-10-16)20(5)14-15(4)7-2/h9-12,15,18-19H,6-8,13-14H2,1-5H3. The number of nitrogens with one attached hydrogen (secondary N) is 1. The van der Waals surface area contributed by atoms with Crippen LogP contribution in [0.25, 0.3) is 0 Å². The summed E-state index contributed by atoms with van der Waals surface area (Å²) in [4.78, 5) is 2.36. The fourth-order valence-corrected chi connectivity index (χ4v) is 2.48. The summed E-state index contributed by atoms with van der Waals surface area (Å²) in [5.74, 6) is 0.745. The monoisotopic (exact) mass is 276 g/mol. The van der Waals surface area contributed by atoms with Crippen molar-refractivity contribution < 1.29 is 0 Å². The molecule has 2 nitrogen and oxygen atoms in total. The van der Waals surface area contributed by atoms with E-state index in [2.05, 4.69) is 69.2 Å². The maximum absolute atomic E-state index is 3.61. The summed E-state index contributed by atoms with van der Waals surface area (Å²) in [6.45, 7) is 11.2. The van der Waals surface area contributed by atoms with Crippen molar-refractivity contribution in [2.24, 2.45) is 5.92 Å². The van der Waals surface area contributed by atoms with Crippen LogP contribution < -0.4 is 10.2 Å². The molecule has 0 fully saturated rings. The Morgan fingerprint density at radius 1 is 1.05 bits per heavy atom. The van der Waals surface area contributed by atoms with Gasteiger partial charge in [0.2, 0.25) is 0 Å². The maximum Gasteiger partial charge on any atom is 0.0363 e. The third-order valence-corrected chi connectivity index (χ3v) is 4.07. The molecule has 0 aliphatic rings. The highest BCUT2D eigenvalue weighted by Crippen LogP contribution is 2.21. The van der Waals surface area contributed by atoms with Gasteiger partial charge in [-0.05, 0) is 43.0 Å². The average Bonchev–Trinajstić information content (AvgIpc) is 2.48. The number of rotatable bonds is 9.